The van der Waals surface area contributed by atoms with E-state index in [0.29, 0.717) is 18.3 Å². The van der Waals surface area contributed by atoms with Crippen molar-refractivity contribution in [3.05, 3.63) is 28.8 Å². The van der Waals surface area contributed by atoms with E-state index in [0.717, 1.165) is 42.9 Å². The second-order valence-corrected chi connectivity index (χ2v) is 4.76. The first-order chi connectivity index (χ1) is 9.54. The van der Waals surface area contributed by atoms with Crippen LogP contribution in [0, 0.1) is 13.8 Å². The number of halogens is 1. The van der Waals surface area contributed by atoms with Gasteiger partial charge in [0.1, 0.15) is 5.75 Å². The number of aryl methyl sites for hydroxylation is 2. The number of rotatable bonds is 7. The fraction of sp³-hybridized carbons (Fsp3) is 0.533. The lowest BCUT2D eigenvalue weighted by Crippen LogP contribution is -2.32. The average Bonchev–Trinajstić information content (AvgIpc) is 2.42. The molecule has 0 spiro atoms. The Morgan fingerprint density at radius 2 is 1.95 bits per heavy atom. The summed E-state index contributed by atoms with van der Waals surface area (Å²) in [6.07, 6.45) is 0.904. The number of phenols is 1. The van der Waals surface area contributed by atoms with E-state index >= 15 is 0 Å². The summed E-state index contributed by atoms with van der Waals surface area (Å²) < 4.78 is 5.24. The van der Waals surface area contributed by atoms with Crippen molar-refractivity contribution < 1.29 is 9.84 Å². The highest BCUT2D eigenvalue weighted by Gasteiger charge is 2.03. The van der Waals surface area contributed by atoms with Crippen LogP contribution in [-0.2, 0) is 11.3 Å². The molecule has 0 heterocycles. The van der Waals surface area contributed by atoms with E-state index in [1.165, 1.54) is 0 Å². The number of ether oxygens (including phenoxy) is 1. The predicted molar refractivity (Wildman–Crippen MR) is 97.4 cm³/mol. The van der Waals surface area contributed by atoms with Gasteiger partial charge in [-0.1, -0.05) is 12.1 Å². The van der Waals surface area contributed by atoms with E-state index in [1.54, 1.807) is 0 Å². The molecule has 0 amide bonds. The number of hydrogen-bond acceptors (Lipinski definition) is 3. The molecular formula is C15H26IN3O2. The molecule has 120 valence electrons. The lowest BCUT2D eigenvalue weighted by atomic mass is 10.1. The van der Waals surface area contributed by atoms with Crippen LogP contribution in [0.25, 0.3) is 0 Å². The van der Waals surface area contributed by atoms with Gasteiger partial charge in [0.05, 0.1) is 6.54 Å². The van der Waals surface area contributed by atoms with Crippen LogP contribution in [0.5, 0.6) is 5.75 Å². The normalized spacial score (nSPS) is 11.1. The Balaban J connectivity index is 0.00000400. The minimum Gasteiger partial charge on any atom is -0.507 e. The van der Waals surface area contributed by atoms with Gasteiger partial charge in [0.25, 0.3) is 0 Å². The molecule has 1 rings (SSSR count). The first kappa shape index (κ1) is 20.0. The van der Waals surface area contributed by atoms with Crippen LogP contribution in [0.15, 0.2) is 17.1 Å². The van der Waals surface area contributed by atoms with Gasteiger partial charge in [-0.05, 0) is 43.9 Å². The summed E-state index contributed by atoms with van der Waals surface area (Å²) in [5.74, 6) is 0.782. The number of nitrogens with two attached hydrogens (primary N) is 1. The van der Waals surface area contributed by atoms with Gasteiger partial charge in [0.15, 0.2) is 5.96 Å². The fourth-order valence-electron chi connectivity index (χ4n) is 1.90. The van der Waals surface area contributed by atoms with E-state index in [2.05, 4.69) is 10.3 Å². The van der Waals surface area contributed by atoms with Crippen molar-refractivity contribution in [1.82, 2.24) is 5.32 Å². The number of aliphatic imine (C=N–C) groups is 1. The summed E-state index contributed by atoms with van der Waals surface area (Å²) in [4.78, 5) is 4.28. The Morgan fingerprint density at radius 1 is 1.33 bits per heavy atom. The maximum Gasteiger partial charge on any atom is 0.188 e. The molecule has 0 bridgehead atoms. The molecular weight excluding hydrogens is 381 g/mol. The highest BCUT2D eigenvalue weighted by atomic mass is 127. The predicted octanol–water partition coefficient (Wildman–Crippen LogP) is 2.46. The molecule has 0 atom stereocenters. The minimum absolute atomic E-state index is 0. The third kappa shape index (κ3) is 7.52. The molecule has 4 N–H and O–H groups in total. The van der Waals surface area contributed by atoms with Gasteiger partial charge < -0.3 is 20.9 Å². The molecule has 0 aliphatic rings. The van der Waals surface area contributed by atoms with Crippen LogP contribution in [-0.4, -0.2) is 30.8 Å². The summed E-state index contributed by atoms with van der Waals surface area (Å²) in [7, 11) is 0. The van der Waals surface area contributed by atoms with Crippen LogP contribution in [0.2, 0.25) is 0 Å². The Morgan fingerprint density at radius 3 is 2.52 bits per heavy atom. The zero-order valence-corrected chi connectivity index (χ0v) is 15.3. The number of benzene rings is 1. The van der Waals surface area contributed by atoms with E-state index in [1.807, 2.05) is 32.9 Å². The standard InChI is InChI=1S/C15H25N3O2.HI/c1-4-20-7-5-6-17-15(16)18-10-13-8-11(2)14(19)12(3)9-13;/h8-9,19H,4-7,10H2,1-3H3,(H3,16,17,18);1H. The zero-order chi connectivity index (χ0) is 15.0. The number of phenolic OH excluding ortho intramolecular Hbond substituents is 1. The topological polar surface area (TPSA) is 79.9 Å². The molecule has 0 saturated heterocycles. The number of nitrogens with zero attached hydrogens (tertiary/aromatic N) is 1. The van der Waals surface area contributed by atoms with E-state index in [4.69, 9.17) is 10.5 Å². The SMILES string of the molecule is CCOCCCNC(N)=NCc1cc(C)c(O)c(C)c1.I. The number of aromatic hydroxyl groups is 1. The lowest BCUT2D eigenvalue weighted by molar-refractivity contribution is 0.145. The summed E-state index contributed by atoms with van der Waals surface area (Å²) >= 11 is 0. The largest absolute Gasteiger partial charge is 0.507 e. The number of guanidine groups is 1. The van der Waals surface area contributed by atoms with Gasteiger partial charge in [0, 0.05) is 19.8 Å². The molecule has 0 aliphatic carbocycles. The van der Waals surface area contributed by atoms with Crippen LogP contribution in [0.1, 0.15) is 30.0 Å². The molecule has 0 radical (unpaired) electrons. The second-order valence-electron chi connectivity index (χ2n) is 4.76. The van der Waals surface area contributed by atoms with Crippen molar-refractivity contribution in [3.63, 3.8) is 0 Å². The minimum atomic E-state index is 0. The first-order valence-corrected chi connectivity index (χ1v) is 6.95. The summed E-state index contributed by atoms with van der Waals surface area (Å²) in [5, 5.41) is 12.8. The van der Waals surface area contributed by atoms with Crippen molar-refractivity contribution in [2.45, 2.75) is 33.7 Å². The van der Waals surface area contributed by atoms with E-state index < -0.39 is 0 Å². The summed E-state index contributed by atoms with van der Waals surface area (Å²) in [6, 6.07) is 3.85. The Bertz CT molecular complexity index is 441. The molecule has 1 aromatic rings. The fourth-order valence-corrected chi connectivity index (χ4v) is 1.90. The molecule has 0 saturated carbocycles. The Kier molecular flexibility index (Phi) is 10.2. The Labute approximate surface area is 144 Å². The quantitative estimate of drug-likeness (QED) is 0.281. The van der Waals surface area contributed by atoms with Crippen LogP contribution in [0.4, 0.5) is 0 Å². The molecule has 21 heavy (non-hydrogen) atoms. The maximum absolute atomic E-state index is 9.71. The second kappa shape index (κ2) is 10.7. The van der Waals surface area contributed by atoms with Gasteiger partial charge in [-0.2, -0.15) is 0 Å². The molecule has 0 aromatic heterocycles. The molecule has 0 aliphatic heterocycles. The highest BCUT2D eigenvalue weighted by Crippen LogP contribution is 2.23. The highest BCUT2D eigenvalue weighted by molar-refractivity contribution is 14.0. The number of hydrogen-bond donors (Lipinski definition) is 3. The van der Waals surface area contributed by atoms with Crippen molar-refractivity contribution in [2.24, 2.45) is 10.7 Å². The summed E-state index contributed by atoms with van der Waals surface area (Å²) in [5.41, 5.74) is 8.55. The van der Waals surface area contributed by atoms with Crippen molar-refractivity contribution in [3.8, 4) is 5.75 Å². The Hall–Kier alpha value is -1.02. The third-order valence-electron chi connectivity index (χ3n) is 2.96. The van der Waals surface area contributed by atoms with Crippen molar-refractivity contribution in [2.75, 3.05) is 19.8 Å². The lowest BCUT2D eigenvalue weighted by Gasteiger charge is -2.08. The van der Waals surface area contributed by atoms with E-state index in [9.17, 15) is 5.11 Å². The third-order valence-corrected chi connectivity index (χ3v) is 2.96. The van der Waals surface area contributed by atoms with Gasteiger partial charge >= 0.3 is 0 Å². The molecule has 0 fully saturated rings. The van der Waals surface area contributed by atoms with Gasteiger partial charge in [-0.15, -0.1) is 24.0 Å². The van der Waals surface area contributed by atoms with Crippen LogP contribution < -0.4 is 11.1 Å². The molecule has 5 nitrogen and oxygen atoms in total. The number of nitrogens with one attached hydrogen (secondary N) is 1. The van der Waals surface area contributed by atoms with Gasteiger partial charge in [-0.3, -0.25) is 0 Å². The van der Waals surface area contributed by atoms with Crippen molar-refractivity contribution in [1.29, 1.82) is 0 Å². The van der Waals surface area contributed by atoms with Gasteiger partial charge in [-0.25, -0.2) is 4.99 Å². The smallest absolute Gasteiger partial charge is 0.188 e. The summed E-state index contributed by atoms with van der Waals surface area (Å²) in [6.45, 7) is 8.46. The van der Waals surface area contributed by atoms with Crippen LogP contribution in [0.3, 0.4) is 0 Å². The molecule has 6 heteroatoms. The van der Waals surface area contributed by atoms with Crippen LogP contribution >= 0.6 is 24.0 Å². The first-order valence-electron chi connectivity index (χ1n) is 6.95. The molecule has 0 unspecified atom stereocenters. The maximum atomic E-state index is 9.71. The van der Waals surface area contributed by atoms with E-state index in [-0.39, 0.29) is 24.0 Å². The zero-order valence-electron chi connectivity index (χ0n) is 13.0. The van der Waals surface area contributed by atoms with Gasteiger partial charge in [0.2, 0.25) is 0 Å². The average molecular weight is 407 g/mol. The monoisotopic (exact) mass is 407 g/mol. The molecule has 1 aromatic carbocycles. The van der Waals surface area contributed by atoms with Crippen molar-refractivity contribution >= 4 is 29.9 Å².